The smallest absolute Gasteiger partial charge is 0.122 e. The van der Waals surface area contributed by atoms with Crippen molar-refractivity contribution >= 4 is 0 Å². The van der Waals surface area contributed by atoms with Gasteiger partial charge in [-0.1, -0.05) is 13.8 Å². The molecule has 1 saturated carbocycles. The summed E-state index contributed by atoms with van der Waals surface area (Å²) in [7, 11) is 0. The lowest BCUT2D eigenvalue weighted by atomic mass is 10.2. The van der Waals surface area contributed by atoms with Crippen LogP contribution in [0.15, 0.2) is 16.7 Å². The molecule has 2 rings (SSSR count). The maximum absolute atomic E-state index is 5.57. The van der Waals surface area contributed by atoms with Gasteiger partial charge in [0.25, 0.3) is 0 Å². The maximum atomic E-state index is 5.57. The van der Waals surface area contributed by atoms with Gasteiger partial charge >= 0.3 is 0 Å². The van der Waals surface area contributed by atoms with Crippen molar-refractivity contribution in [1.29, 1.82) is 0 Å². The number of rotatable bonds is 8. The highest BCUT2D eigenvalue weighted by atomic mass is 16.3. The Morgan fingerprint density at radius 1 is 1.41 bits per heavy atom. The molecule has 0 aromatic carbocycles. The summed E-state index contributed by atoms with van der Waals surface area (Å²) in [6.07, 6.45) is 5.72. The first kappa shape index (κ1) is 12.7. The number of hydrogen-bond acceptors (Lipinski definition) is 3. The summed E-state index contributed by atoms with van der Waals surface area (Å²) in [4.78, 5) is 2.55. The van der Waals surface area contributed by atoms with Crippen LogP contribution in [-0.2, 0) is 13.1 Å². The molecule has 0 aliphatic heterocycles. The van der Waals surface area contributed by atoms with E-state index in [9.17, 15) is 0 Å². The first-order valence-corrected chi connectivity index (χ1v) is 6.85. The summed E-state index contributed by atoms with van der Waals surface area (Å²) in [6, 6.07) is 2.94. The Bertz CT molecular complexity index is 331. The lowest BCUT2D eigenvalue weighted by Gasteiger charge is -2.19. The topological polar surface area (TPSA) is 28.4 Å². The Kier molecular flexibility index (Phi) is 4.63. The van der Waals surface area contributed by atoms with Crippen LogP contribution in [0.25, 0.3) is 0 Å². The molecular weight excluding hydrogens is 212 g/mol. The molecule has 1 aromatic heterocycles. The molecule has 0 spiro atoms. The number of hydrogen-bond donors (Lipinski definition) is 1. The molecule has 3 heteroatoms. The van der Waals surface area contributed by atoms with Gasteiger partial charge in [-0.05, 0) is 38.4 Å². The van der Waals surface area contributed by atoms with Gasteiger partial charge in [-0.2, -0.15) is 0 Å². The fraction of sp³-hybridized carbons (Fsp3) is 0.714. The van der Waals surface area contributed by atoms with E-state index in [1.165, 1.54) is 24.8 Å². The number of nitrogens with one attached hydrogen (secondary N) is 1. The molecule has 0 bridgehead atoms. The maximum Gasteiger partial charge on any atom is 0.122 e. The minimum atomic E-state index is 0.825. The molecule has 17 heavy (non-hydrogen) atoms. The molecular formula is C14H24N2O. The van der Waals surface area contributed by atoms with Crippen LogP contribution in [0.3, 0.4) is 0 Å². The molecule has 0 radical (unpaired) electrons. The van der Waals surface area contributed by atoms with E-state index in [1.807, 2.05) is 6.26 Å². The Labute approximate surface area is 104 Å². The number of nitrogens with zero attached hydrogens (tertiary/aromatic N) is 1. The van der Waals surface area contributed by atoms with Crippen molar-refractivity contribution in [3.8, 4) is 0 Å². The predicted octanol–water partition coefficient (Wildman–Crippen LogP) is 2.76. The normalized spacial score (nSPS) is 15.7. The van der Waals surface area contributed by atoms with Crippen LogP contribution in [0.1, 0.15) is 44.4 Å². The van der Waals surface area contributed by atoms with Crippen molar-refractivity contribution in [2.75, 3.05) is 13.1 Å². The lowest BCUT2D eigenvalue weighted by Crippen LogP contribution is -2.25. The minimum absolute atomic E-state index is 0.825. The van der Waals surface area contributed by atoms with Crippen LogP contribution >= 0.6 is 0 Å². The SMILES string of the molecule is CCCNCc1occc1CN(CC)C1CC1. The third-order valence-corrected chi connectivity index (χ3v) is 3.39. The van der Waals surface area contributed by atoms with E-state index in [0.717, 1.165) is 38.0 Å². The molecule has 1 aliphatic rings. The Morgan fingerprint density at radius 2 is 2.24 bits per heavy atom. The van der Waals surface area contributed by atoms with Crippen molar-refractivity contribution in [2.45, 2.75) is 52.2 Å². The third kappa shape index (κ3) is 3.58. The van der Waals surface area contributed by atoms with E-state index in [4.69, 9.17) is 4.42 Å². The fourth-order valence-corrected chi connectivity index (χ4v) is 2.20. The molecule has 96 valence electrons. The summed E-state index contributed by atoms with van der Waals surface area (Å²) in [5.41, 5.74) is 1.35. The first-order valence-electron chi connectivity index (χ1n) is 6.85. The fourth-order valence-electron chi connectivity index (χ4n) is 2.20. The van der Waals surface area contributed by atoms with Gasteiger partial charge < -0.3 is 9.73 Å². The van der Waals surface area contributed by atoms with Gasteiger partial charge in [0.15, 0.2) is 0 Å². The summed E-state index contributed by atoms with van der Waals surface area (Å²) in [5.74, 6) is 1.11. The Morgan fingerprint density at radius 3 is 2.88 bits per heavy atom. The molecule has 1 N–H and O–H groups in total. The van der Waals surface area contributed by atoms with Crippen molar-refractivity contribution in [3.05, 3.63) is 23.7 Å². The van der Waals surface area contributed by atoms with E-state index >= 15 is 0 Å². The van der Waals surface area contributed by atoms with Crippen molar-refractivity contribution in [1.82, 2.24) is 10.2 Å². The van der Waals surface area contributed by atoms with Crippen LogP contribution in [0.2, 0.25) is 0 Å². The van der Waals surface area contributed by atoms with Crippen LogP contribution in [0.5, 0.6) is 0 Å². The zero-order chi connectivity index (χ0) is 12.1. The highest BCUT2D eigenvalue weighted by Gasteiger charge is 2.28. The van der Waals surface area contributed by atoms with Crippen LogP contribution in [0, 0.1) is 0 Å². The van der Waals surface area contributed by atoms with Crippen LogP contribution in [-0.4, -0.2) is 24.0 Å². The second-order valence-electron chi connectivity index (χ2n) is 4.84. The quantitative estimate of drug-likeness (QED) is 0.704. The van der Waals surface area contributed by atoms with E-state index in [1.54, 1.807) is 0 Å². The zero-order valence-electron chi connectivity index (χ0n) is 11.0. The van der Waals surface area contributed by atoms with Gasteiger partial charge in [-0.25, -0.2) is 0 Å². The van der Waals surface area contributed by atoms with Crippen LogP contribution in [0.4, 0.5) is 0 Å². The molecule has 0 atom stereocenters. The molecule has 1 aliphatic carbocycles. The summed E-state index contributed by atoms with van der Waals surface area (Å²) >= 11 is 0. The second-order valence-corrected chi connectivity index (χ2v) is 4.84. The van der Waals surface area contributed by atoms with Crippen molar-refractivity contribution in [2.24, 2.45) is 0 Å². The Balaban J connectivity index is 1.88. The van der Waals surface area contributed by atoms with E-state index in [0.29, 0.717) is 0 Å². The molecule has 0 saturated heterocycles. The van der Waals surface area contributed by atoms with Gasteiger partial charge in [0, 0.05) is 18.2 Å². The highest BCUT2D eigenvalue weighted by Crippen LogP contribution is 2.28. The standard InChI is InChI=1S/C14H24N2O/c1-3-8-15-10-14-12(7-9-17-14)11-16(4-2)13-5-6-13/h7,9,13,15H,3-6,8,10-11H2,1-2H3. The van der Waals surface area contributed by atoms with E-state index in [-0.39, 0.29) is 0 Å². The van der Waals surface area contributed by atoms with E-state index < -0.39 is 0 Å². The Hall–Kier alpha value is -0.800. The predicted molar refractivity (Wildman–Crippen MR) is 69.8 cm³/mol. The van der Waals surface area contributed by atoms with Gasteiger partial charge in [-0.15, -0.1) is 0 Å². The van der Waals surface area contributed by atoms with Gasteiger partial charge in [0.05, 0.1) is 12.8 Å². The average molecular weight is 236 g/mol. The monoisotopic (exact) mass is 236 g/mol. The average Bonchev–Trinajstić information content (AvgIpc) is 3.09. The largest absolute Gasteiger partial charge is 0.468 e. The summed E-state index contributed by atoms with van der Waals surface area (Å²) < 4.78 is 5.57. The van der Waals surface area contributed by atoms with E-state index in [2.05, 4.69) is 30.1 Å². The summed E-state index contributed by atoms with van der Waals surface area (Å²) in [6.45, 7) is 8.52. The molecule has 1 aromatic rings. The summed E-state index contributed by atoms with van der Waals surface area (Å²) in [5, 5.41) is 3.40. The van der Waals surface area contributed by atoms with Gasteiger partial charge in [0.1, 0.15) is 5.76 Å². The zero-order valence-corrected chi connectivity index (χ0v) is 11.0. The number of furan rings is 1. The molecule has 3 nitrogen and oxygen atoms in total. The molecule has 1 heterocycles. The van der Waals surface area contributed by atoms with Crippen LogP contribution < -0.4 is 5.32 Å². The minimum Gasteiger partial charge on any atom is -0.468 e. The highest BCUT2D eigenvalue weighted by molar-refractivity contribution is 5.17. The third-order valence-electron chi connectivity index (χ3n) is 3.39. The molecule has 1 fully saturated rings. The lowest BCUT2D eigenvalue weighted by molar-refractivity contribution is 0.266. The van der Waals surface area contributed by atoms with Gasteiger partial charge in [0.2, 0.25) is 0 Å². The molecule has 0 amide bonds. The first-order chi connectivity index (χ1) is 8.35. The van der Waals surface area contributed by atoms with Crippen molar-refractivity contribution in [3.63, 3.8) is 0 Å². The van der Waals surface area contributed by atoms with Gasteiger partial charge in [-0.3, -0.25) is 4.90 Å². The van der Waals surface area contributed by atoms with Crippen molar-refractivity contribution < 1.29 is 4.42 Å². The second kappa shape index (κ2) is 6.22. The molecule has 0 unspecified atom stereocenters.